The second-order valence-corrected chi connectivity index (χ2v) is 5.65. The molecule has 0 aliphatic carbocycles. The maximum Gasteiger partial charge on any atom is 1.00 e. The molecule has 0 amide bonds. The first-order chi connectivity index (χ1) is 9.29. The van der Waals surface area contributed by atoms with E-state index in [1.54, 1.807) is 0 Å². The molecule has 0 N–H and O–H groups in total. The Morgan fingerprint density at radius 3 is 2.65 bits per heavy atom. The normalized spacial score (nSPS) is 17.2. The van der Waals surface area contributed by atoms with Gasteiger partial charge in [-0.25, -0.2) is 0 Å². The van der Waals surface area contributed by atoms with Gasteiger partial charge in [-0.1, -0.05) is 33.7 Å². The zero-order valence-corrected chi connectivity index (χ0v) is 14.0. The van der Waals surface area contributed by atoms with E-state index < -0.39 is 0 Å². The number of nitrogens with zero attached hydrogens (tertiary/aromatic N) is 1. The standard InChI is InChI=1S/C14H20BBrNO2.Li/c1-2-3-7-17-8-10-18-15(19-11-9-17)13-5-4-6-14(16)12-13;/h4,6,12H,2-3,7-11H2,1H3;/q-1;+1. The van der Waals surface area contributed by atoms with Crippen molar-refractivity contribution in [2.24, 2.45) is 0 Å². The minimum absolute atomic E-state index is 0. The maximum absolute atomic E-state index is 5.82. The number of hydrogen-bond donors (Lipinski definition) is 0. The van der Waals surface area contributed by atoms with E-state index in [1.165, 1.54) is 12.8 Å². The molecule has 1 aliphatic rings. The molecule has 1 heterocycles. The van der Waals surface area contributed by atoms with Crippen molar-refractivity contribution in [3.63, 3.8) is 0 Å². The average Bonchev–Trinajstić information content (AvgIpc) is 2.37. The Balaban J connectivity index is 0.00000200. The molecule has 0 radical (unpaired) electrons. The van der Waals surface area contributed by atoms with Gasteiger partial charge in [0.25, 0.3) is 0 Å². The number of hydrogen-bond acceptors (Lipinski definition) is 3. The van der Waals surface area contributed by atoms with E-state index in [4.69, 9.17) is 9.31 Å². The van der Waals surface area contributed by atoms with Crippen molar-refractivity contribution in [3.05, 3.63) is 28.7 Å². The number of rotatable bonds is 4. The summed E-state index contributed by atoms with van der Waals surface area (Å²) in [6.07, 6.45) is 2.47. The van der Waals surface area contributed by atoms with Gasteiger partial charge in [-0.3, -0.25) is 4.90 Å². The van der Waals surface area contributed by atoms with Gasteiger partial charge in [0, 0.05) is 26.3 Å². The minimum atomic E-state index is -0.286. The zero-order valence-electron chi connectivity index (χ0n) is 12.4. The molecule has 1 fully saturated rings. The van der Waals surface area contributed by atoms with Crippen LogP contribution in [-0.2, 0) is 9.31 Å². The van der Waals surface area contributed by atoms with Gasteiger partial charge in [-0.05, 0) is 13.0 Å². The summed E-state index contributed by atoms with van der Waals surface area (Å²) in [4.78, 5) is 2.41. The summed E-state index contributed by atoms with van der Waals surface area (Å²) in [6, 6.07) is 9.02. The molecule has 104 valence electrons. The first kappa shape index (κ1) is 18.3. The van der Waals surface area contributed by atoms with Crippen LogP contribution >= 0.6 is 15.9 Å². The van der Waals surface area contributed by atoms with Crippen LogP contribution in [0.2, 0.25) is 0 Å². The van der Waals surface area contributed by atoms with Gasteiger partial charge in [0.15, 0.2) is 0 Å². The van der Waals surface area contributed by atoms with E-state index in [9.17, 15) is 0 Å². The van der Waals surface area contributed by atoms with Crippen LogP contribution in [0.25, 0.3) is 0 Å². The van der Waals surface area contributed by atoms with Crippen molar-refractivity contribution >= 4 is 28.5 Å². The van der Waals surface area contributed by atoms with Gasteiger partial charge in [0.1, 0.15) is 0 Å². The van der Waals surface area contributed by atoms with Crippen LogP contribution in [0.1, 0.15) is 19.8 Å². The number of benzene rings is 1. The fraction of sp³-hybridized carbons (Fsp3) is 0.571. The van der Waals surface area contributed by atoms with Crippen molar-refractivity contribution in [1.29, 1.82) is 0 Å². The van der Waals surface area contributed by atoms with Crippen LogP contribution in [0.3, 0.4) is 0 Å². The smallest absolute Gasteiger partial charge is 0.407 e. The molecule has 1 saturated heterocycles. The molecule has 0 atom stereocenters. The summed E-state index contributed by atoms with van der Waals surface area (Å²) in [6.45, 7) is 6.72. The molecule has 0 unspecified atom stereocenters. The van der Waals surface area contributed by atoms with E-state index in [2.05, 4.69) is 33.8 Å². The van der Waals surface area contributed by atoms with Crippen LogP contribution in [-0.4, -0.2) is 44.9 Å². The molecule has 2 rings (SSSR count). The zero-order chi connectivity index (χ0) is 13.5. The van der Waals surface area contributed by atoms with Crippen LogP contribution in [0, 0.1) is 6.07 Å². The van der Waals surface area contributed by atoms with Crippen LogP contribution in [0.4, 0.5) is 0 Å². The van der Waals surface area contributed by atoms with Gasteiger partial charge >= 0.3 is 26.0 Å². The fourth-order valence-corrected chi connectivity index (χ4v) is 2.49. The molecule has 1 aromatic carbocycles. The molecule has 1 aliphatic heterocycles. The van der Waals surface area contributed by atoms with E-state index in [0.717, 1.165) is 29.6 Å². The Morgan fingerprint density at radius 1 is 1.35 bits per heavy atom. The Bertz CT molecular complexity index is 387. The Labute approximate surface area is 142 Å². The van der Waals surface area contributed by atoms with Gasteiger partial charge in [-0.15, -0.1) is 5.46 Å². The Kier molecular flexibility index (Phi) is 9.19. The van der Waals surface area contributed by atoms with Gasteiger partial charge in [-0.2, -0.15) is 24.3 Å². The maximum atomic E-state index is 5.82. The molecule has 20 heavy (non-hydrogen) atoms. The van der Waals surface area contributed by atoms with E-state index in [-0.39, 0.29) is 26.0 Å². The Morgan fingerprint density at radius 2 is 2.05 bits per heavy atom. The van der Waals surface area contributed by atoms with Crippen LogP contribution in [0.5, 0.6) is 0 Å². The molecular weight excluding hydrogens is 312 g/mol. The summed E-state index contributed by atoms with van der Waals surface area (Å²) < 4.78 is 12.7. The summed E-state index contributed by atoms with van der Waals surface area (Å²) in [7, 11) is -0.286. The van der Waals surface area contributed by atoms with E-state index in [1.807, 2.05) is 18.2 Å². The van der Waals surface area contributed by atoms with Crippen LogP contribution in [0.15, 0.2) is 22.7 Å². The number of halogens is 1. The minimum Gasteiger partial charge on any atom is -0.407 e. The Hall–Kier alpha value is 0.242. The number of unbranched alkanes of at least 4 members (excludes halogenated alkanes) is 1. The average molecular weight is 332 g/mol. The third-order valence-corrected chi connectivity index (χ3v) is 3.71. The van der Waals surface area contributed by atoms with Gasteiger partial charge < -0.3 is 9.31 Å². The third-order valence-electron chi connectivity index (χ3n) is 3.22. The molecular formula is C14H20BBrLiNO2. The predicted octanol–water partition coefficient (Wildman–Crippen LogP) is -0.903. The molecule has 0 saturated carbocycles. The largest absolute Gasteiger partial charge is 1.00 e. The third kappa shape index (κ3) is 5.93. The summed E-state index contributed by atoms with van der Waals surface area (Å²) in [5.41, 5.74) is 0.955. The second-order valence-electron chi connectivity index (χ2n) is 4.73. The van der Waals surface area contributed by atoms with E-state index >= 15 is 0 Å². The van der Waals surface area contributed by atoms with Gasteiger partial charge in [0.05, 0.1) is 0 Å². The van der Waals surface area contributed by atoms with Crippen molar-refractivity contribution in [2.75, 3.05) is 32.8 Å². The van der Waals surface area contributed by atoms with Crippen molar-refractivity contribution in [3.8, 4) is 0 Å². The monoisotopic (exact) mass is 331 g/mol. The van der Waals surface area contributed by atoms with Crippen molar-refractivity contribution in [2.45, 2.75) is 19.8 Å². The summed E-state index contributed by atoms with van der Waals surface area (Å²) >= 11 is 3.46. The summed E-state index contributed by atoms with van der Waals surface area (Å²) in [5, 5.41) is 0. The first-order valence-electron chi connectivity index (χ1n) is 6.92. The van der Waals surface area contributed by atoms with Gasteiger partial charge in [0.2, 0.25) is 0 Å². The fourth-order valence-electron chi connectivity index (χ4n) is 2.11. The second kappa shape index (κ2) is 10.0. The molecule has 1 aromatic rings. The first-order valence-corrected chi connectivity index (χ1v) is 7.71. The quantitative estimate of drug-likeness (QED) is 0.527. The SMILES string of the molecule is CCCCN1CCOB(c2[c-]ccc(Br)c2)OCC1.[Li+]. The van der Waals surface area contributed by atoms with E-state index in [0.29, 0.717) is 13.2 Å². The van der Waals surface area contributed by atoms with Crippen LogP contribution < -0.4 is 24.3 Å². The van der Waals surface area contributed by atoms with Crippen molar-refractivity contribution < 1.29 is 28.2 Å². The summed E-state index contributed by atoms with van der Waals surface area (Å²) in [5.74, 6) is 0. The van der Waals surface area contributed by atoms with Crippen molar-refractivity contribution in [1.82, 2.24) is 4.90 Å². The predicted molar refractivity (Wildman–Crippen MR) is 81.6 cm³/mol. The molecule has 0 aromatic heterocycles. The molecule has 6 heteroatoms. The molecule has 3 nitrogen and oxygen atoms in total. The topological polar surface area (TPSA) is 21.7 Å². The molecule has 0 bridgehead atoms. The molecule has 0 spiro atoms.